The minimum Gasteiger partial charge on any atom is -0.378 e. The third-order valence-electron chi connectivity index (χ3n) is 3.81. The summed E-state index contributed by atoms with van der Waals surface area (Å²) in [4.78, 5) is 2.48. The first-order valence-corrected chi connectivity index (χ1v) is 8.54. The Morgan fingerprint density at radius 2 is 1.90 bits per heavy atom. The average molecular weight is 323 g/mol. The maximum absolute atomic E-state index is 6.06. The van der Waals surface area contributed by atoms with Crippen LogP contribution in [0.1, 0.15) is 31.4 Å². The molecule has 4 nitrogen and oxygen atoms in total. The Hall–Kier alpha value is -1.33. The van der Waals surface area contributed by atoms with E-state index in [2.05, 4.69) is 44.1 Å². The van der Waals surface area contributed by atoms with Crippen LogP contribution in [0.3, 0.4) is 0 Å². The van der Waals surface area contributed by atoms with Crippen LogP contribution in [0.15, 0.2) is 24.3 Å². The summed E-state index contributed by atoms with van der Waals surface area (Å²) in [6, 6.07) is 8.47. The fourth-order valence-corrected chi connectivity index (χ4v) is 3.32. The maximum atomic E-state index is 6.06. The second kappa shape index (κ2) is 7.09. The Kier molecular flexibility index (Phi) is 4.93. The summed E-state index contributed by atoms with van der Waals surface area (Å²) in [7, 11) is 0. The summed E-state index contributed by atoms with van der Waals surface area (Å²) in [5.41, 5.74) is 3.23. The number of halogens is 1. The molecule has 0 aliphatic carbocycles. The standard InChI is InChI=1S/C15H19ClN4S/c16-15-13(18-19-21-15)11-17-12-7-3-4-8-14(12)20-9-5-1-2-6-10-20/h3-4,7-8,17H,1-2,5-6,9-11H2. The van der Waals surface area contributed by atoms with E-state index >= 15 is 0 Å². The molecule has 6 heteroatoms. The second-order valence-corrected chi connectivity index (χ2v) is 6.62. The summed E-state index contributed by atoms with van der Waals surface area (Å²) >= 11 is 7.29. The van der Waals surface area contributed by atoms with Crippen LogP contribution in [0.5, 0.6) is 0 Å². The van der Waals surface area contributed by atoms with Crippen molar-refractivity contribution in [2.75, 3.05) is 23.3 Å². The molecule has 2 heterocycles. The molecule has 1 aromatic heterocycles. The van der Waals surface area contributed by atoms with Crippen LogP contribution >= 0.6 is 23.1 Å². The van der Waals surface area contributed by atoms with E-state index in [4.69, 9.17) is 11.6 Å². The van der Waals surface area contributed by atoms with E-state index in [1.807, 2.05) is 0 Å². The molecule has 0 atom stereocenters. The Bertz CT molecular complexity index is 579. The molecule has 0 spiro atoms. The molecule has 21 heavy (non-hydrogen) atoms. The number of nitrogens with one attached hydrogen (secondary N) is 1. The van der Waals surface area contributed by atoms with Crippen molar-refractivity contribution in [3.05, 3.63) is 34.3 Å². The van der Waals surface area contributed by atoms with Gasteiger partial charge in [0.05, 0.1) is 17.9 Å². The van der Waals surface area contributed by atoms with Crippen LogP contribution in [0, 0.1) is 0 Å². The van der Waals surface area contributed by atoms with E-state index in [0.717, 1.165) is 24.5 Å². The molecule has 1 saturated heterocycles. The zero-order valence-corrected chi connectivity index (χ0v) is 13.5. The summed E-state index contributed by atoms with van der Waals surface area (Å²) < 4.78 is 4.53. The highest BCUT2D eigenvalue weighted by Gasteiger charge is 2.13. The van der Waals surface area contributed by atoms with Gasteiger partial charge in [-0.15, -0.1) is 5.10 Å². The lowest BCUT2D eigenvalue weighted by molar-refractivity contribution is 0.726. The van der Waals surface area contributed by atoms with Crippen molar-refractivity contribution in [1.82, 2.24) is 9.59 Å². The highest BCUT2D eigenvalue weighted by molar-refractivity contribution is 7.10. The predicted octanol–water partition coefficient (Wildman–Crippen LogP) is 4.18. The van der Waals surface area contributed by atoms with Crippen LogP contribution < -0.4 is 10.2 Å². The van der Waals surface area contributed by atoms with E-state index < -0.39 is 0 Å². The van der Waals surface area contributed by atoms with Gasteiger partial charge in [0.15, 0.2) is 0 Å². The van der Waals surface area contributed by atoms with Crippen LogP contribution in [-0.2, 0) is 6.54 Å². The SMILES string of the molecule is Clc1snnc1CNc1ccccc1N1CCCCCC1. The molecule has 1 aliphatic heterocycles. The van der Waals surface area contributed by atoms with Crippen molar-refractivity contribution in [2.24, 2.45) is 0 Å². The Morgan fingerprint density at radius 1 is 1.14 bits per heavy atom. The zero-order chi connectivity index (χ0) is 14.5. The first-order valence-electron chi connectivity index (χ1n) is 7.39. The minimum atomic E-state index is 0.611. The number of anilines is 2. The monoisotopic (exact) mass is 322 g/mol. The topological polar surface area (TPSA) is 41.1 Å². The molecule has 1 N–H and O–H groups in total. The number of hydrogen-bond acceptors (Lipinski definition) is 5. The van der Waals surface area contributed by atoms with Gasteiger partial charge in [0.25, 0.3) is 0 Å². The van der Waals surface area contributed by atoms with Crippen molar-refractivity contribution in [3.8, 4) is 0 Å². The quantitative estimate of drug-likeness (QED) is 0.916. The Balaban J connectivity index is 1.74. The van der Waals surface area contributed by atoms with Gasteiger partial charge in [0.2, 0.25) is 0 Å². The van der Waals surface area contributed by atoms with Gasteiger partial charge in [-0.3, -0.25) is 0 Å². The number of hydrogen-bond donors (Lipinski definition) is 1. The molecule has 1 fully saturated rings. The van der Waals surface area contributed by atoms with Gasteiger partial charge in [-0.05, 0) is 25.0 Å². The molecule has 1 aliphatic rings. The van der Waals surface area contributed by atoms with Crippen molar-refractivity contribution in [2.45, 2.75) is 32.2 Å². The summed E-state index contributed by atoms with van der Waals surface area (Å²) in [5, 5.41) is 7.50. The van der Waals surface area contributed by atoms with E-state index in [1.54, 1.807) is 0 Å². The smallest absolute Gasteiger partial charge is 0.139 e. The van der Waals surface area contributed by atoms with E-state index in [9.17, 15) is 0 Å². The van der Waals surface area contributed by atoms with Crippen molar-refractivity contribution in [1.29, 1.82) is 0 Å². The van der Waals surface area contributed by atoms with Gasteiger partial charge >= 0.3 is 0 Å². The Labute approximate surface area is 134 Å². The van der Waals surface area contributed by atoms with E-state index in [0.29, 0.717) is 10.9 Å². The molecule has 1 aromatic carbocycles. The highest BCUT2D eigenvalue weighted by Crippen LogP contribution is 2.29. The van der Waals surface area contributed by atoms with Gasteiger partial charge in [0.1, 0.15) is 10.0 Å². The maximum Gasteiger partial charge on any atom is 0.139 e. The van der Waals surface area contributed by atoms with Crippen LogP contribution in [0.4, 0.5) is 11.4 Å². The Morgan fingerprint density at radius 3 is 2.62 bits per heavy atom. The third-order valence-corrected chi connectivity index (χ3v) is 4.79. The fraction of sp³-hybridized carbons (Fsp3) is 0.467. The molecule has 0 saturated carbocycles. The molecular weight excluding hydrogens is 304 g/mol. The molecule has 2 aromatic rings. The molecule has 112 valence electrons. The number of benzene rings is 1. The first-order chi connectivity index (χ1) is 10.3. The summed E-state index contributed by atoms with van der Waals surface area (Å²) in [6.45, 7) is 2.88. The zero-order valence-electron chi connectivity index (χ0n) is 11.9. The van der Waals surface area contributed by atoms with Gasteiger partial charge in [-0.25, -0.2) is 0 Å². The van der Waals surface area contributed by atoms with Gasteiger partial charge in [-0.2, -0.15) is 0 Å². The van der Waals surface area contributed by atoms with Crippen molar-refractivity contribution >= 4 is 34.5 Å². The van der Waals surface area contributed by atoms with Crippen molar-refractivity contribution < 1.29 is 0 Å². The minimum absolute atomic E-state index is 0.611. The molecular formula is C15H19ClN4S. The van der Waals surface area contributed by atoms with Crippen molar-refractivity contribution in [3.63, 3.8) is 0 Å². The molecule has 0 unspecified atom stereocenters. The van der Waals surface area contributed by atoms with E-state index in [-0.39, 0.29) is 0 Å². The highest BCUT2D eigenvalue weighted by atomic mass is 35.5. The fourth-order valence-electron chi connectivity index (χ4n) is 2.69. The average Bonchev–Trinajstić information content (AvgIpc) is 2.77. The van der Waals surface area contributed by atoms with Gasteiger partial charge < -0.3 is 10.2 Å². The number of para-hydroxylation sites is 2. The van der Waals surface area contributed by atoms with Crippen LogP contribution in [0.2, 0.25) is 4.34 Å². The lowest BCUT2D eigenvalue weighted by Gasteiger charge is -2.25. The van der Waals surface area contributed by atoms with Gasteiger partial charge in [-0.1, -0.05) is 41.1 Å². The van der Waals surface area contributed by atoms with E-state index in [1.165, 1.54) is 42.9 Å². The molecule has 0 amide bonds. The van der Waals surface area contributed by atoms with Crippen LogP contribution in [-0.4, -0.2) is 22.7 Å². The molecule has 0 radical (unpaired) electrons. The number of nitrogens with zero attached hydrogens (tertiary/aromatic N) is 3. The molecule has 0 bridgehead atoms. The largest absolute Gasteiger partial charge is 0.378 e. The summed E-state index contributed by atoms with van der Waals surface area (Å²) in [6.07, 6.45) is 5.23. The lowest BCUT2D eigenvalue weighted by Crippen LogP contribution is -2.24. The van der Waals surface area contributed by atoms with Crippen LogP contribution in [0.25, 0.3) is 0 Å². The number of aromatic nitrogens is 2. The normalized spacial score (nSPS) is 15.8. The second-order valence-electron chi connectivity index (χ2n) is 5.27. The van der Waals surface area contributed by atoms with Gasteiger partial charge in [0, 0.05) is 24.6 Å². The number of rotatable bonds is 4. The lowest BCUT2D eigenvalue weighted by atomic mass is 10.2. The summed E-state index contributed by atoms with van der Waals surface area (Å²) in [5.74, 6) is 0. The first kappa shape index (κ1) is 14.6. The molecule has 3 rings (SSSR count). The predicted molar refractivity (Wildman–Crippen MR) is 89.4 cm³/mol. The third kappa shape index (κ3) is 3.66.